The molecule has 1 aromatic carbocycles. The lowest BCUT2D eigenvalue weighted by atomic mass is 9.97. The standard InChI is InChI=1S/C11H10ClN/c1-8(7-13)9(2)10-5-3-4-6-11(10)12/h3-6,8H,2H2,1H3. The molecule has 66 valence electrons. The number of benzene rings is 1. The normalized spacial score (nSPS) is 11.8. The maximum Gasteiger partial charge on any atom is 0.0700 e. The van der Waals surface area contributed by atoms with Crippen LogP contribution in [0.4, 0.5) is 0 Å². The molecule has 1 atom stereocenters. The quantitative estimate of drug-likeness (QED) is 0.702. The van der Waals surface area contributed by atoms with Gasteiger partial charge in [-0.25, -0.2) is 0 Å². The number of nitrogens with zero attached hydrogens (tertiary/aromatic N) is 1. The first-order valence-corrected chi connectivity index (χ1v) is 4.38. The van der Waals surface area contributed by atoms with Crippen LogP contribution in [0.15, 0.2) is 30.8 Å². The molecule has 0 aliphatic heterocycles. The smallest absolute Gasteiger partial charge is 0.0700 e. The second-order valence-electron chi connectivity index (χ2n) is 2.86. The zero-order valence-electron chi connectivity index (χ0n) is 7.42. The average Bonchev–Trinajstić information content (AvgIpc) is 2.16. The van der Waals surface area contributed by atoms with E-state index in [-0.39, 0.29) is 5.92 Å². The van der Waals surface area contributed by atoms with Gasteiger partial charge in [0.25, 0.3) is 0 Å². The number of nitriles is 1. The molecule has 0 aliphatic carbocycles. The van der Waals surface area contributed by atoms with Gasteiger partial charge in [0, 0.05) is 5.02 Å². The molecule has 1 nitrogen and oxygen atoms in total. The summed E-state index contributed by atoms with van der Waals surface area (Å²) in [6.45, 7) is 5.66. The van der Waals surface area contributed by atoms with Gasteiger partial charge in [-0.2, -0.15) is 5.26 Å². The Morgan fingerprint density at radius 3 is 2.69 bits per heavy atom. The van der Waals surface area contributed by atoms with E-state index in [1.165, 1.54) is 0 Å². The summed E-state index contributed by atoms with van der Waals surface area (Å²) in [4.78, 5) is 0. The molecular formula is C11H10ClN. The second kappa shape index (κ2) is 4.11. The molecule has 0 radical (unpaired) electrons. The Bertz CT molecular complexity index is 363. The van der Waals surface area contributed by atoms with E-state index in [9.17, 15) is 0 Å². The van der Waals surface area contributed by atoms with Crippen LogP contribution in [0, 0.1) is 17.2 Å². The van der Waals surface area contributed by atoms with Crippen molar-refractivity contribution >= 4 is 17.2 Å². The number of rotatable bonds is 2. The van der Waals surface area contributed by atoms with Crippen molar-refractivity contribution in [2.75, 3.05) is 0 Å². The Labute approximate surface area is 83.3 Å². The van der Waals surface area contributed by atoms with Crippen LogP contribution in [0.2, 0.25) is 5.02 Å². The van der Waals surface area contributed by atoms with Crippen molar-refractivity contribution in [1.82, 2.24) is 0 Å². The maximum absolute atomic E-state index is 8.70. The van der Waals surface area contributed by atoms with Gasteiger partial charge in [-0.3, -0.25) is 0 Å². The largest absolute Gasteiger partial charge is 0.198 e. The van der Waals surface area contributed by atoms with Crippen molar-refractivity contribution in [3.05, 3.63) is 41.4 Å². The van der Waals surface area contributed by atoms with Crippen LogP contribution in [0.3, 0.4) is 0 Å². The van der Waals surface area contributed by atoms with Gasteiger partial charge in [-0.1, -0.05) is 36.4 Å². The summed E-state index contributed by atoms with van der Waals surface area (Å²) in [5.74, 6) is -0.195. The summed E-state index contributed by atoms with van der Waals surface area (Å²) >= 11 is 5.95. The Hall–Kier alpha value is -1.26. The van der Waals surface area contributed by atoms with E-state index in [1.54, 1.807) is 6.07 Å². The first-order chi connectivity index (χ1) is 6.16. The number of hydrogen-bond acceptors (Lipinski definition) is 1. The Kier molecular flexibility index (Phi) is 3.11. The van der Waals surface area contributed by atoms with Gasteiger partial charge in [-0.15, -0.1) is 0 Å². The molecule has 0 N–H and O–H groups in total. The highest BCUT2D eigenvalue weighted by molar-refractivity contribution is 6.32. The monoisotopic (exact) mass is 191 g/mol. The minimum atomic E-state index is -0.195. The van der Waals surface area contributed by atoms with Gasteiger partial charge in [-0.05, 0) is 24.1 Å². The summed E-state index contributed by atoms with van der Waals surface area (Å²) in [6.07, 6.45) is 0. The summed E-state index contributed by atoms with van der Waals surface area (Å²) < 4.78 is 0. The molecule has 13 heavy (non-hydrogen) atoms. The Balaban J connectivity index is 3.04. The fraction of sp³-hybridized carbons (Fsp3) is 0.182. The predicted molar refractivity (Wildman–Crippen MR) is 55.3 cm³/mol. The van der Waals surface area contributed by atoms with Crippen LogP contribution in [0.5, 0.6) is 0 Å². The summed E-state index contributed by atoms with van der Waals surface area (Å²) in [5.41, 5.74) is 1.63. The third kappa shape index (κ3) is 2.11. The molecule has 1 rings (SSSR count). The van der Waals surface area contributed by atoms with Crippen molar-refractivity contribution in [2.24, 2.45) is 5.92 Å². The van der Waals surface area contributed by atoms with Crippen LogP contribution >= 0.6 is 11.6 Å². The lowest BCUT2D eigenvalue weighted by Crippen LogP contribution is -1.94. The lowest BCUT2D eigenvalue weighted by molar-refractivity contribution is 0.983. The zero-order chi connectivity index (χ0) is 9.84. The maximum atomic E-state index is 8.70. The summed E-state index contributed by atoms with van der Waals surface area (Å²) in [7, 11) is 0. The first kappa shape index (κ1) is 9.83. The fourth-order valence-corrected chi connectivity index (χ4v) is 1.29. The third-order valence-corrected chi connectivity index (χ3v) is 2.27. The highest BCUT2D eigenvalue weighted by atomic mass is 35.5. The molecule has 0 heterocycles. The minimum Gasteiger partial charge on any atom is -0.198 e. The van der Waals surface area contributed by atoms with Gasteiger partial charge in [0.15, 0.2) is 0 Å². The Morgan fingerprint density at radius 2 is 2.15 bits per heavy atom. The van der Waals surface area contributed by atoms with Crippen molar-refractivity contribution in [3.8, 4) is 6.07 Å². The SMILES string of the molecule is C=C(c1ccccc1Cl)C(C)C#N. The number of hydrogen-bond donors (Lipinski definition) is 0. The highest BCUT2D eigenvalue weighted by Crippen LogP contribution is 2.27. The van der Waals surface area contributed by atoms with Crippen LogP contribution in [0.25, 0.3) is 5.57 Å². The molecule has 0 aliphatic rings. The van der Waals surface area contributed by atoms with Gasteiger partial charge < -0.3 is 0 Å². The molecule has 0 saturated heterocycles. The lowest BCUT2D eigenvalue weighted by Gasteiger charge is -2.08. The number of halogens is 1. The molecule has 1 unspecified atom stereocenters. The van der Waals surface area contributed by atoms with Crippen LogP contribution in [-0.2, 0) is 0 Å². The molecule has 0 bridgehead atoms. The molecule has 1 aromatic rings. The van der Waals surface area contributed by atoms with E-state index >= 15 is 0 Å². The molecule has 0 aromatic heterocycles. The first-order valence-electron chi connectivity index (χ1n) is 4.00. The van der Waals surface area contributed by atoms with Crippen LogP contribution in [-0.4, -0.2) is 0 Å². The van der Waals surface area contributed by atoms with Gasteiger partial charge in [0.2, 0.25) is 0 Å². The average molecular weight is 192 g/mol. The molecule has 0 fully saturated rings. The topological polar surface area (TPSA) is 23.8 Å². The molecule has 0 amide bonds. The van der Waals surface area contributed by atoms with Gasteiger partial charge in [0.1, 0.15) is 0 Å². The van der Waals surface area contributed by atoms with Crippen LogP contribution in [0.1, 0.15) is 12.5 Å². The zero-order valence-corrected chi connectivity index (χ0v) is 8.17. The van der Waals surface area contributed by atoms with Gasteiger partial charge >= 0.3 is 0 Å². The molecule has 2 heteroatoms. The van der Waals surface area contributed by atoms with Crippen molar-refractivity contribution in [1.29, 1.82) is 5.26 Å². The summed E-state index contributed by atoms with van der Waals surface area (Å²) in [6, 6.07) is 9.55. The predicted octanol–water partition coefficient (Wildman–Crippen LogP) is 3.51. The molecule has 0 spiro atoms. The minimum absolute atomic E-state index is 0.195. The van der Waals surface area contributed by atoms with Crippen molar-refractivity contribution in [2.45, 2.75) is 6.92 Å². The summed E-state index contributed by atoms with van der Waals surface area (Å²) in [5, 5.41) is 9.35. The van der Waals surface area contributed by atoms with E-state index in [0.717, 1.165) is 11.1 Å². The fourth-order valence-electron chi connectivity index (χ4n) is 1.03. The third-order valence-electron chi connectivity index (χ3n) is 1.94. The van der Waals surface area contributed by atoms with E-state index in [2.05, 4.69) is 12.6 Å². The van der Waals surface area contributed by atoms with E-state index in [0.29, 0.717) is 5.02 Å². The molecular weight excluding hydrogens is 182 g/mol. The number of allylic oxidation sites excluding steroid dienone is 1. The van der Waals surface area contributed by atoms with Crippen molar-refractivity contribution in [3.63, 3.8) is 0 Å². The van der Waals surface area contributed by atoms with E-state index in [1.807, 2.05) is 25.1 Å². The van der Waals surface area contributed by atoms with Crippen molar-refractivity contribution < 1.29 is 0 Å². The second-order valence-corrected chi connectivity index (χ2v) is 3.26. The van der Waals surface area contributed by atoms with Crippen LogP contribution < -0.4 is 0 Å². The van der Waals surface area contributed by atoms with Gasteiger partial charge in [0.05, 0.1) is 12.0 Å². The Morgan fingerprint density at radius 1 is 1.54 bits per heavy atom. The van der Waals surface area contributed by atoms with E-state index in [4.69, 9.17) is 16.9 Å². The molecule has 0 saturated carbocycles. The highest BCUT2D eigenvalue weighted by Gasteiger charge is 2.09. The van der Waals surface area contributed by atoms with E-state index < -0.39 is 0 Å².